The number of aryl methyl sites for hydroxylation is 1. The smallest absolute Gasteiger partial charge is 0.311 e. The van der Waals surface area contributed by atoms with Gasteiger partial charge in [0.1, 0.15) is 0 Å². The molecule has 1 aromatic heterocycles. The van der Waals surface area contributed by atoms with Crippen LogP contribution in [0.2, 0.25) is 0 Å². The van der Waals surface area contributed by atoms with Gasteiger partial charge in [-0.1, -0.05) is 13.8 Å². The first-order valence-electron chi connectivity index (χ1n) is 4.80. The largest absolute Gasteiger partial charge is 0.481 e. The van der Waals surface area contributed by atoms with E-state index in [1.54, 1.807) is 11.3 Å². The van der Waals surface area contributed by atoms with E-state index in [0.717, 1.165) is 11.3 Å². The van der Waals surface area contributed by atoms with Gasteiger partial charge in [0.25, 0.3) is 0 Å². The van der Waals surface area contributed by atoms with Crippen LogP contribution in [0.4, 0.5) is 0 Å². The van der Waals surface area contributed by atoms with Crippen molar-refractivity contribution < 1.29 is 9.90 Å². The van der Waals surface area contributed by atoms with Crippen molar-refractivity contribution >= 4 is 17.3 Å². The molecule has 3 heteroatoms. The molecular formula is C11H16O2S. The van der Waals surface area contributed by atoms with Gasteiger partial charge in [-0.15, -0.1) is 11.3 Å². The van der Waals surface area contributed by atoms with Crippen LogP contribution >= 0.6 is 11.3 Å². The highest BCUT2D eigenvalue weighted by molar-refractivity contribution is 7.12. The maximum atomic E-state index is 11.1. The van der Waals surface area contributed by atoms with Gasteiger partial charge in [-0.3, -0.25) is 4.79 Å². The number of carbonyl (C=O) groups is 1. The van der Waals surface area contributed by atoms with E-state index in [2.05, 4.69) is 13.8 Å². The molecular weight excluding hydrogens is 196 g/mol. The predicted octanol–water partition coefficient (Wildman–Crippen LogP) is 3.27. The van der Waals surface area contributed by atoms with Crippen molar-refractivity contribution in [2.75, 3.05) is 0 Å². The molecule has 0 bridgehead atoms. The minimum Gasteiger partial charge on any atom is -0.481 e. The number of thiophene rings is 1. The molecule has 0 aliphatic heterocycles. The fraction of sp³-hybridized carbons (Fsp3) is 0.545. The second-order valence-corrected chi connectivity index (χ2v) is 5.29. The lowest BCUT2D eigenvalue weighted by atomic mass is 9.96. The standard InChI is InChI=1S/C11H16O2S/c1-7(2)6-9(11(12)13)10-5-4-8(3)14-10/h4-5,7,9H,6H2,1-3H3,(H,12,13). The maximum absolute atomic E-state index is 11.1. The summed E-state index contributed by atoms with van der Waals surface area (Å²) in [7, 11) is 0. The van der Waals surface area contributed by atoms with Crippen LogP contribution < -0.4 is 0 Å². The molecule has 0 aliphatic carbocycles. The summed E-state index contributed by atoms with van der Waals surface area (Å²) >= 11 is 1.59. The zero-order valence-electron chi connectivity index (χ0n) is 8.78. The van der Waals surface area contributed by atoms with E-state index in [9.17, 15) is 4.79 Å². The summed E-state index contributed by atoms with van der Waals surface area (Å²) in [5.41, 5.74) is 0. The van der Waals surface area contributed by atoms with E-state index in [-0.39, 0.29) is 5.92 Å². The number of rotatable bonds is 4. The Bertz CT molecular complexity index is 315. The minimum atomic E-state index is -0.708. The number of carboxylic acids is 1. The Morgan fingerprint density at radius 1 is 1.50 bits per heavy atom. The Hall–Kier alpha value is -0.830. The third-order valence-corrected chi connectivity index (χ3v) is 3.22. The molecule has 14 heavy (non-hydrogen) atoms. The molecule has 1 atom stereocenters. The van der Waals surface area contributed by atoms with Gasteiger partial charge in [0.15, 0.2) is 0 Å². The summed E-state index contributed by atoms with van der Waals surface area (Å²) in [4.78, 5) is 13.2. The first kappa shape index (κ1) is 11.2. The second kappa shape index (κ2) is 4.60. The monoisotopic (exact) mass is 212 g/mol. The summed E-state index contributed by atoms with van der Waals surface area (Å²) in [6.07, 6.45) is 0.718. The number of aliphatic carboxylic acids is 1. The Labute approximate surface area is 88.6 Å². The average molecular weight is 212 g/mol. The molecule has 1 unspecified atom stereocenters. The van der Waals surface area contributed by atoms with E-state index >= 15 is 0 Å². The molecule has 1 aromatic rings. The lowest BCUT2D eigenvalue weighted by molar-refractivity contribution is -0.139. The van der Waals surface area contributed by atoms with Crippen molar-refractivity contribution in [2.45, 2.75) is 33.1 Å². The molecule has 0 aliphatic rings. The van der Waals surface area contributed by atoms with Crippen LogP contribution in [-0.2, 0) is 4.79 Å². The van der Waals surface area contributed by atoms with E-state index in [1.165, 1.54) is 4.88 Å². The zero-order valence-corrected chi connectivity index (χ0v) is 9.60. The first-order chi connectivity index (χ1) is 6.50. The Morgan fingerprint density at radius 2 is 2.14 bits per heavy atom. The highest BCUT2D eigenvalue weighted by Gasteiger charge is 2.22. The van der Waals surface area contributed by atoms with Crippen LogP contribution in [-0.4, -0.2) is 11.1 Å². The average Bonchev–Trinajstić information content (AvgIpc) is 2.46. The van der Waals surface area contributed by atoms with Crippen molar-refractivity contribution in [3.8, 4) is 0 Å². The minimum absolute atomic E-state index is 0.325. The quantitative estimate of drug-likeness (QED) is 0.831. The molecule has 0 aromatic carbocycles. The summed E-state index contributed by atoms with van der Waals surface area (Å²) < 4.78 is 0. The highest BCUT2D eigenvalue weighted by Crippen LogP contribution is 2.29. The van der Waals surface area contributed by atoms with Crippen LogP contribution in [0.25, 0.3) is 0 Å². The van der Waals surface area contributed by atoms with Gasteiger partial charge in [0, 0.05) is 9.75 Å². The van der Waals surface area contributed by atoms with Gasteiger partial charge in [0.2, 0.25) is 0 Å². The fourth-order valence-corrected chi connectivity index (χ4v) is 2.43. The maximum Gasteiger partial charge on any atom is 0.311 e. The second-order valence-electron chi connectivity index (χ2n) is 3.97. The molecule has 0 radical (unpaired) electrons. The summed E-state index contributed by atoms with van der Waals surface area (Å²) in [5.74, 6) is -0.618. The molecule has 0 fully saturated rings. The van der Waals surface area contributed by atoms with Gasteiger partial charge < -0.3 is 5.11 Å². The van der Waals surface area contributed by atoms with Crippen LogP contribution in [0.5, 0.6) is 0 Å². The van der Waals surface area contributed by atoms with Crippen molar-refractivity contribution in [3.05, 3.63) is 21.9 Å². The number of hydrogen-bond acceptors (Lipinski definition) is 2. The Kier molecular flexibility index (Phi) is 3.69. The van der Waals surface area contributed by atoms with Gasteiger partial charge in [-0.05, 0) is 31.4 Å². The van der Waals surface area contributed by atoms with Gasteiger partial charge in [-0.2, -0.15) is 0 Å². The van der Waals surface area contributed by atoms with Gasteiger partial charge >= 0.3 is 5.97 Å². The van der Waals surface area contributed by atoms with Crippen LogP contribution in [0.3, 0.4) is 0 Å². The van der Waals surface area contributed by atoms with Crippen molar-refractivity contribution in [2.24, 2.45) is 5.92 Å². The molecule has 0 saturated heterocycles. The molecule has 0 amide bonds. The highest BCUT2D eigenvalue weighted by atomic mass is 32.1. The van der Waals surface area contributed by atoms with Crippen molar-refractivity contribution in [1.82, 2.24) is 0 Å². The lowest BCUT2D eigenvalue weighted by Crippen LogP contribution is -2.12. The van der Waals surface area contributed by atoms with Crippen LogP contribution in [0, 0.1) is 12.8 Å². The van der Waals surface area contributed by atoms with E-state index in [0.29, 0.717) is 5.92 Å². The molecule has 1 heterocycles. The van der Waals surface area contributed by atoms with Crippen LogP contribution in [0.15, 0.2) is 12.1 Å². The molecule has 0 saturated carbocycles. The number of carboxylic acid groups (broad SMARTS) is 1. The normalized spacial score (nSPS) is 13.1. The van der Waals surface area contributed by atoms with Crippen LogP contribution in [0.1, 0.15) is 35.9 Å². The summed E-state index contributed by atoms with van der Waals surface area (Å²) in [5, 5.41) is 9.09. The molecule has 2 nitrogen and oxygen atoms in total. The Morgan fingerprint density at radius 3 is 2.50 bits per heavy atom. The lowest BCUT2D eigenvalue weighted by Gasteiger charge is -2.12. The third-order valence-electron chi connectivity index (χ3n) is 2.11. The predicted molar refractivity (Wildman–Crippen MR) is 58.9 cm³/mol. The van der Waals surface area contributed by atoms with E-state index in [1.807, 2.05) is 19.1 Å². The first-order valence-corrected chi connectivity index (χ1v) is 5.61. The Balaban J connectivity index is 2.83. The SMILES string of the molecule is Cc1ccc(C(CC(C)C)C(=O)O)s1. The summed E-state index contributed by atoms with van der Waals surface area (Å²) in [6, 6.07) is 3.91. The molecule has 1 rings (SSSR count). The number of hydrogen-bond donors (Lipinski definition) is 1. The summed E-state index contributed by atoms with van der Waals surface area (Å²) in [6.45, 7) is 6.11. The van der Waals surface area contributed by atoms with Gasteiger partial charge in [0.05, 0.1) is 5.92 Å². The molecule has 0 spiro atoms. The topological polar surface area (TPSA) is 37.3 Å². The van der Waals surface area contributed by atoms with Crippen molar-refractivity contribution in [1.29, 1.82) is 0 Å². The molecule has 78 valence electrons. The van der Waals surface area contributed by atoms with E-state index < -0.39 is 5.97 Å². The van der Waals surface area contributed by atoms with Crippen molar-refractivity contribution in [3.63, 3.8) is 0 Å². The van der Waals surface area contributed by atoms with E-state index in [4.69, 9.17) is 5.11 Å². The fourth-order valence-electron chi connectivity index (χ4n) is 1.45. The molecule has 1 N–H and O–H groups in total. The third kappa shape index (κ3) is 2.84. The zero-order chi connectivity index (χ0) is 10.7. The van der Waals surface area contributed by atoms with Gasteiger partial charge in [-0.25, -0.2) is 0 Å².